The Kier molecular flexibility index (Phi) is 5.70. The number of nitrogens with zero attached hydrogens (tertiary/aromatic N) is 4. The van der Waals surface area contributed by atoms with Crippen molar-refractivity contribution in [2.24, 2.45) is 0 Å². The Balaban J connectivity index is 1.43. The smallest absolute Gasteiger partial charge is 0.181 e. The van der Waals surface area contributed by atoms with Crippen molar-refractivity contribution in [2.45, 2.75) is 6.54 Å². The first-order chi connectivity index (χ1) is 18.2. The summed E-state index contributed by atoms with van der Waals surface area (Å²) in [4.78, 5) is 16.8. The minimum atomic E-state index is -1.43. The number of nitrogen functional groups attached to an aromatic ring is 1. The number of rotatable bonds is 6. The van der Waals surface area contributed by atoms with E-state index in [0.29, 0.717) is 29.1 Å². The molecule has 6 aromatic rings. The topological polar surface area (TPSA) is 121 Å². The number of H-pyrrole nitrogens is 2. The summed E-state index contributed by atoms with van der Waals surface area (Å²) in [7, 11) is -1.43. The minimum Gasteiger partial charge on any atom is -0.397 e. The third-order valence-electron chi connectivity index (χ3n) is 6.18. The van der Waals surface area contributed by atoms with Crippen LogP contribution in [0.2, 0.25) is 0 Å². The molecule has 0 fully saturated rings. The van der Waals surface area contributed by atoms with Crippen molar-refractivity contribution >= 4 is 48.8 Å². The van der Waals surface area contributed by atoms with Crippen LogP contribution in [0.5, 0.6) is 0 Å². The van der Waals surface area contributed by atoms with Crippen LogP contribution in [0.15, 0.2) is 67.3 Å². The van der Waals surface area contributed by atoms with Crippen LogP contribution < -0.4 is 10.5 Å². The summed E-state index contributed by atoms with van der Waals surface area (Å²) in [6.07, 6.45) is 8.76. The lowest BCUT2D eigenvalue weighted by atomic mass is 10.0. The molecule has 0 saturated heterocycles. The maximum Gasteiger partial charge on any atom is 0.181 e. The molecular formula is C28H25FN8S. The number of hydrogen-bond acceptors (Lipinski definition) is 6. The molecule has 190 valence electrons. The number of hydrogen-bond donors (Lipinski definition) is 4. The number of halogens is 1. The zero-order valence-corrected chi connectivity index (χ0v) is 21.4. The third-order valence-corrected chi connectivity index (χ3v) is 7.02. The lowest BCUT2D eigenvalue weighted by Crippen LogP contribution is -2.08. The first-order valence-electron chi connectivity index (χ1n) is 11.8. The summed E-state index contributed by atoms with van der Waals surface area (Å²) in [6, 6.07) is 12.7. The average molecular weight is 525 g/mol. The standard InChI is InChI=1S/C28H25FN8S/c1-38(2,3)34-12-16-6-17(8-20(29)7-16)26-22-11-25(35-24(22)4-5-32-26)27-23-10-19(14-33-28(23)37-36-27)18-9-21(30)15-31-13-18/h4-11,13-15,34-35H,1-2,12,30H2,3H3,(H,33,36,37). The maximum atomic E-state index is 14.6. The second-order valence-electron chi connectivity index (χ2n) is 9.45. The van der Waals surface area contributed by atoms with E-state index in [9.17, 15) is 4.39 Å². The maximum absolute atomic E-state index is 14.6. The number of anilines is 1. The minimum absolute atomic E-state index is 0.326. The molecule has 0 atom stereocenters. The van der Waals surface area contributed by atoms with E-state index in [1.54, 1.807) is 24.8 Å². The largest absolute Gasteiger partial charge is 0.397 e. The van der Waals surface area contributed by atoms with Gasteiger partial charge >= 0.3 is 0 Å². The van der Waals surface area contributed by atoms with Gasteiger partial charge in [0.05, 0.1) is 22.8 Å². The van der Waals surface area contributed by atoms with Gasteiger partial charge in [-0.1, -0.05) is 11.7 Å². The van der Waals surface area contributed by atoms with Crippen LogP contribution in [0.4, 0.5) is 10.1 Å². The molecule has 5 heterocycles. The molecule has 0 unspecified atom stereocenters. The van der Waals surface area contributed by atoms with Crippen LogP contribution in [-0.2, 0) is 6.54 Å². The van der Waals surface area contributed by atoms with E-state index in [-0.39, 0.29) is 5.82 Å². The number of aromatic nitrogens is 6. The molecule has 0 spiro atoms. The van der Waals surface area contributed by atoms with Crippen molar-refractivity contribution in [2.75, 3.05) is 12.0 Å². The highest BCUT2D eigenvalue weighted by Gasteiger charge is 2.16. The monoisotopic (exact) mass is 524 g/mol. The fourth-order valence-corrected chi connectivity index (χ4v) is 4.96. The quantitative estimate of drug-likeness (QED) is 0.221. The lowest BCUT2D eigenvalue weighted by molar-refractivity contribution is 0.625. The Morgan fingerprint density at radius 2 is 1.82 bits per heavy atom. The highest BCUT2D eigenvalue weighted by molar-refractivity contribution is 8.25. The summed E-state index contributed by atoms with van der Waals surface area (Å²) in [5, 5.41) is 9.20. The van der Waals surface area contributed by atoms with E-state index in [2.05, 4.69) is 46.6 Å². The average Bonchev–Trinajstić information content (AvgIpc) is 3.50. The van der Waals surface area contributed by atoms with Gasteiger partial charge in [-0.2, -0.15) is 14.5 Å². The van der Waals surface area contributed by atoms with Crippen LogP contribution in [0, 0.1) is 5.82 Å². The summed E-state index contributed by atoms with van der Waals surface area (Å²) in [6.45, 7) is 0.468. The van der Waals surface area contributed by atoms with Gasteiger partial charge in [0.25, 0.3) is 0 Å². The molecule has 1 aromatic carbocycles. The van der Waals surface area contributed by atoms with Gasteiger partial charge in [0.1, 0.15) is 5.82 Å². The molecule has 0 aliphatic heterocycles. The van der Waals surface area contributed by atoms with Crippen LogP contribution >= 0.6 is 9.39 Å². The normalized spacial score (nSPS) is 11.9. The highest BCUT2D eigenvalue weighted by Crippen LogP contribution is 2.34. The fraction of sp³-hybridized carbons (Fsp3) is 0.0714. The van der Waals surface area contributed by atoms with Gasteiger partial charge in [-0.25, -0.2) is 9.37 Å². The fourth-order valence-electron chi connectivity index (χ4n) is 4.44. The van der Waals surface area contributed by atoms with E-state index >= 15 is 0 Å². The SMILES string of the molecule is C=S(=C)(C)NCc1cc(F)cc(-c2nccc3[nH]c(-c4[nH]nc5ncc(-c6cncc(N)c6)cc45)cc23)c1. The van der Waals surface area contributed by atoms with Gasteiger partial charge in [0.15, 0.2) is 5.65 Å². The molecular weight excluding hydrogens is 499 g/mol. The van der Waals surface area contributed by atoms with E-state index in [1.807, 2.05) is 36.6 Å². The molecule has 0 bridgehead atoms. The predicted molar refractivity (Wildman–Crippen MR) is 157 cm³/mol. The van der Waals surface area contributed by atoms with Crippen molar-refractivity contribution in [1.29, 1.82) is 0 Å². The highest BCUT2D eigenvalue weighted by atomic mass is 32.2. The zero-order valence-electron chi connectivity index (χ0n) is 20.6. The molecule has 0 amide bonds. The molecule has 5 aromatic heterocycles. The van der Waals surface area contributed by atoms with Gasteiger partial charge < -0.3 is 10.7 Å². The van der Waals surface area contributed by atoms with Gasteiger partial charge in [0.2, 0.25) is 0 Å². The van der Waals surface area contributed by atoms with Gasteiger partial charge in [-0.15, -0.1) is 0 Å². The Bertz CT molecular complexity index is 1940. The first kappa shape index (κ1) is 23.8. The molecule has 10 heteroatoms. The lowest BCUT2D eigenvalue weighted by Gasteiger charge is -2.12. The second kappa shape index (κ2) is 9.09. The number of nitrogens with two attached hydrogens (primary N) is 1. The number of fused-ring (bicyclic) bond motifs is 2. The van der Waals surface area contributed by atoms with Crippen LogP contribution in [0.1, 0.15) is 5.56 Å². The van der Waals surface area contributed by atoms with Crippen LogP contribution in [0.25, 0.3) is 55.7 Å². The van der Waals surface area contributed by atoms with Crippen molar-refractivity contribution in [3.8, 4) is 33.8 Å². The first-order valence-corrected chi connectivity index (χ1v) is 14.1. The second-order valence-corrected chi connectivity index (χ2v) is 12.3. The Hall–Kier alpha value is -4.54. The van der Waals surface area contributed by atoms with Gasteiger partial charge in [-0.3, -0.25) is 19.8 Å². The van der Waals surface area contributed by atoms with E-state index in [4.69, 9.17) is 5.73 Å². The van der Waals surface area contributed by atoms with E-state index < -0.39 is 9.39 Å². The number of pyridine rings is 3. The van der Waals surface area contributed by atoms with Crippen molar-refractivity contribution in [3.63, 3.8) is 0 Å². The third kappa shape index (κ3) is 4.62. The molecule has 5 N–H and O–H groups in total. The van der Waals surface area contributed by atoms with Crippen LogP contribution in [0.3, 0.4) is 0 Å². The number of nitrogens with one attached hydrogen (secondary N) is 3. The van der Waals surface area contributed by atoms with Crippen molar-refractivity contribution in [3.05, 3.63) is 78.6 Å². The van der Waals surface area contributed by atoms with Crippen molar-refractivity contribution in [1.82, 2.24) is 34.9 Å². The molecule has 8 nitrogen and oxygen atoms in total. The summed E-state index contributed by atoms with van der Waals surface area (Å²) < 4.78 is 17.9. The van der Waals surface area contributed by atoms with Gasteiger partial charge in [-0.05, 0) is 54.3 Å². The van der Waals surface area contributed by atoms with E-state index in [1.165, 1.54) is 12.1 Å². The molecule has 0 saturated carbocycles. The zero-order chi connectivity index (χ0) is 26.4. The Morgan fingerprint density at radius 3 is 2.63 bits per heavy atom. The van der Waals surface area contributed by atoms with Crippen molar-refractivity contribution < 1.29 is 4.39 Å². The summed E-state index contributed by atoms with van der Waals surface area (Å²) >= 11 is 0. The summed E-state index contributed by atoms with van der Waals surface area (Å²) in [5.74, 6) is 7.74. The molecule has 0 aliphatic carbocycles. The molecule has 6 rings (SSSR count). The van der Waals surface area contributed by atoms with Gasteiger partial charge in [0, 0.05) is 64.3 Å². The predicted octanol–water partition coefficient (Wildman–Crippen LogP) is 5.25. The number of aromatic amines is 2. The molecule has 38 heavy (non-hydrogen) atoms. The molecule has 0 aliphatic rings. The number of benzene rings is 1. The Morgan fingerprint density at radius 1 is 0.974 bits per heavy atom. The molecule has 0 radical (unpaired) electrons. The van der Waals surface area contributed by atoms with Crippen LogP contribution in [-0.4, -0.2) is 48.1 Å². The Labute approximate surface area is 218 Å². The summed E-state index contributed by atoms with van der Waals surface area (Å²) in [5.41, 5.74) is 13.5. The van der Waals surface area contributed by atoms with E-state index in [0.717, 1.165) is 44.4 Å².